The van der Waals surface area contributed by atoms with Crippen LogP contribution in [-0.4, -0.2) is 0 Å². The fourth-order valence-electron chi connectivity index (χ4n) is 1.92. The number of aryl methyl sites for hydroxylation is 1. The monoisotopic (exact) mass is 254 g/mol. The molecule has 0 bridgehead atoms. The Kier molecular flexibility index (Phi) is 4.27. The van der Waals surface area contributed by atoms with E-state index in [1.54, 1.807) is 19.1 Å². The zero-order valence-electron chi connectivity index (χ0n) is 10.8. The molecule has 0 atom stereocenters. The van der Waals surface area contributed by atoms with Crippen molar-refractivity contribution in [2.75, 3.05) is 0 Å². The molecule has 0 heterocycles. The van der Waals surface area contributed by atoms with Crippen LogP contribution in [0.3, 0.4) is 0 Å². The Morgan fingerprint density at radius 1 is 1.11 bits per heavy atom. The van der Waals surface area contributed by atoms with E-state index in [0.29, 0.717) is 24.2 Å². The first-order valence-electron chi connectivity index (χ1n) is 6.14. The maximum Gasteiger partial charge on any atom is 0.126 e. The molecular weight excluding hydrogens is 239 g/mol. The highest BCUT2D eigenvalue weighted by atomic mass is 19.1. The van der Waals surface area contributed by atoms with E-state index in [1.807, 2.05) is 24.3 Å². The number of halogens is 1. The number of nitriles is 1. The van der Waals surface area contributed by atoms with Crippen LogP contribution in [0.15, 0.2) is 42.5 Å². The summed E-state index contributed by atoms with van der Waals surface area (Å²) in [6.45, 7) is 3.12. The maximum absolute atomic E-state index is 13.1. The number of rotatable bonds is 4. The van der Waals surface area contributed by atoms with E-state index < -0.39 is 0 Å². The van der Waals surface area contributed by atoms with Crippen molar-refractivity contribution in [2.24, 2.45) is 0 Å². The van der Waals surface area contributed by atoms with Gasteiger partial charge in [-0.2, -0.15) is 5.26 Å². The van der Waals surface area contributed by atoms with Gasteiger partial charge in [0.05, 0.1) is 11.6 Å². The lowest BCUT2D eigenvalue weighted by molar-refractivity contribution is 0.615. The van der Waals surface area contributed by atoms with E-state index in [1.165, 1.54) is 6.07 Å². The third-order valence-corrected chi connectivity index (χ3v) is 2.94. The summed E-state index contributed by atoms with van der Waals surface area (Å²) in [4.78, 5) is 0. The predicted octanol–water partition coefficient (Wildman–Crippen LogP) is 3.30. The van der Waals surface area contributed by atoms with Crippen molar-refractivity contribution in [3.8, 4) is 6.07 Å². The van der Waals surface area contributed by atoms with Gasteiger partial charge in [-0.3, -0.25) is 0 Å². The van der Waals surface area contributed by atoms with Crippen molar-refractivity contribution in [1.82, 2.24) is 5.32 Å². The van der Waals surface area contributed by atoms with E-state index in [4.69, 9.17) is 5.26 Å². The molecule has 3 heteroatoms. The molecule has 0 spiro atoms. The SMILES string of the molecule is Cc1cc(CNCc2cccc(C#N)c2)ccc1F. The molecule has 2 aromatic rings. The standard InChI is InChI=1S/C16H15FN2/c1-12-7-15(5-6-16(12)17)11-19-10-14-4-2-3-13(8-14)9-18/h2-8,19H,10-11H2,1H3. The molecule has 19 heavy (non-hydrogen) atoms. The van der Waals surface area contributed by atoms with Gasteiger partial charge >= 0.3 is 0 Å². The Morgan fingerprint density at radius 2 is 1.84 bits per heavy atom. The number of benzene rings is 2. The molecule has 0 radical (unpaired) electrons. The van der Waals surface area contributed by atoms with Gasteiger partial charge in [-0.05, 0) is 41.8 Å². The molecule has 2 rings (SSSR count). The number of hydrogen-bond acceptors (Lipinski definition) is 2. The topological polar surface area (TPSA) is 35.8 Å². The number of hydrogen-bond donors (Lipinski definition) is 1. The second-order valence-corrected chi connectivity index (χ2v) is 4.50. The van der Waals surface area contributed by atoms with Gasteiger partial charge in [0.1, 0.15) is 5.82 Å². The third-order valence-electron chi connectivity index (χ3n) is 2.94. The lowest BCUT2D eigenvalue weighted by Crippen LogP contribution is -2.12. The van der Waals surface area contributed by atoms with Gasteiger partial charge in [0.25, 0.3) is 0 Å². The predicted molar refractivity (Wildman–Crippen MR) is 72.8 cm³/mol. The first-order chi connectivity index (χ1) is 9.19. The van der Waals surface area contributed by atoms with E-state index in [9.17, 15) is 4.39 Å². The van der Waals surface area contributed by atoms with Gasteiger partial charge < -0.3 is 5.32 Å². The molecule has 0 amide bonds. The molecule has 96 valence electrons. The third kappa shape index (κ3) is 3.64. The minimum atomic E-state index is -0.175. The highest BCUT2D eigenvalue weighted by molar-refractivity contribution is 5.32. The first-order valence-corrected chi connectivity index (χ1v) is 6.14. The molecule has 0 aromatic heterocycles. The summed E-state index contributed by atoms with van der Waals surface area (Å²) in [5.74, 6) is -0.175. The average Bonchev–Trinajstić information content (AvgIpc) is 2.43. The van der Waals surface area contributed by atoms with Crippen LogP contribution in [0.2, 0.25) is 0 Å². The van der Waals surface area contributed by atoms with E-state index >= 15 is 0 Å². The van der Waals surface area contributed by atoms with Gasteiger partial charge in [0, 0.05) is 13.1 Å². The second-order valence-electron chi connectivity index (χ2n) is 4.50. The molecule has 1 N–H and O–H groups in total. The van der Waals surface area contributed by atoms with Crippen LogP contribution >= 0.6 is 0 Å². The lowest BCUT2D eigenvalue weighted by atomic mass is 10.1. The van der Waals surface area contributed by atoms with Crippen molar-refractivity contribution in [3.05, 3.63) is 70.5 Å². The summed E-state index contributed by atoms with van der Waals surface area (Å²) in [7, 11) is 0. The summed E-state index contributed by atoms with van der Waals surface area (Å²) in [5, 5.41) is 12.1. The van der Waals surface area contributed by atoms with Crippen molar-refractivity contribution in [2.45, 2.75) is 20.0 Å². The zero-order chi connectivity index (χ0) is 13.7. The molecule has 2 aromatic carbocycles. The lowest BCUT2D eigenvalue weighted by Gasteiger charge is -2.06. The Hall–Kier alpha value is -2.18. The normalized spacial score (nSPS) is 10.2. The first kappa shape index (κ1) is 13.3. The van der Waals surface area contributed by atoms with E-state index in [-0.39, 0.29) is 5.82 Å². The van der Waals surface area contributed by atoms with Gasteiger partial charge in [-0.25, -0.2) is 4.39 Å². The molecule has 2 nitrogen and oxygen atoms in total. The van der Waals surface area contributed by atoms with Crippen LogP contribution in [0.4, 0.5) is 4.39 Å². The summed E-state index contributed by atoms with van der Waals surface area (Å²) >= 11 is 0. The van der Waals surface area contributed by atoms with Crippen LogP contribution in [0, 0.1) is 24.1 Å². The average molecular weight is 254 g/mol. The number of nitrogens with one attached hydrogen (secondary N) is 1. The van der Waals surface area contributed by atoms with E-state index in [2.05, 4.69) is 11.4 Å². The van der Waals surface area contributed by atoms with E-state index in [0.717, 1.165) is 11.1 Å². The van der Waals surface area contributed by atoms with Crippen molar-refractivity contribution < 1.29 is 4.39 Å². The molecular formula is C16H15FN2. The highest BCUT2D eigenvalue weighted by Gasteiger charge is 1.99. The van der Waals surface area contributed by atoms with Gasteiger partial charge in [-0.1, -0.05) is 24.3 Å². The fraction of sp³-hybridized carbons (Fsp3) is 0.188. The number of nitrogens with zero attached hydrogens (tertiary/aromatic N) is 1. The summed E-state index contributed by atoms with van der Waals surface area (Å²) in [6, 6.07) is 14.7. The van der Waals surface area contributed by atoms with Crippen LogP contribution in [0.5, 0.6) is 0 Å². The Balaban J connectivity index is 1.92. The maximum atomic E-state index is 13.1. The summed E-state index contributed by atoms with van der Waals surface area (Å²) < 4.78 is 13.1. The van der Waals surface area contributed by atoms with Crippen molar-refractivity contribution >= 4 is 0 Å². The molecule has 0 aliphatic rings. The van der Waals surface area contributed by atoms with Crippen LogP contribution in [0.1, 0.15) is 22.3 Å². The minimum absolute atomic E-state index is 0.175. The molecule has 0 fully saturated rings. The largest absolute Gasteiger partial charge is 0.309 e. The Morgan fingerprint density at radius 3 is 2.53 bits per heavy atom. The molecule has 0 aliphatic carbocycles. The second kappa shape index (κ2) is 6.12. The molecule has 0 saturated carbocycles. The van der Waals surface area contributed by atoms with Gasteiger partial charge in [0.2, 0.25) is 0 Å². The summed E-state index contributed by atoms with van der Waals surface area (Å²) in [5.41, 5.74) is 3.44. The smallest absolute Gasteiger partial charge is 0.126 e. The minimum Gasteiger partial charge on any atom is -0.309 e. The van der Waals surface area contributed by atoms with Crippen LogP contribution in [-0.2, 0) is 13.1 Å². The summed E-state index contributed by atoms with van der Waals surface area (Å²) in [6.07, 6.45) is 0. The highest BCUT2D eigenvalue weighted by Crippen LogP contribution is 2.09. The molecule has 0 saturated heterocycles. The zero-order valence-corrected chi connectivity index (χ0v) is 10.8. The van der Waals surface area contributed by atoms with Crippen molar-refractivity contribution in [1.29, 1.82) is 5.26 Å². The van der Waals surface area contributed by atoms with Gasteiger partial charge in [0.15, 0.2) is 0 Å². The molecule has 0 unspecified atom stereocenters. The van der Waals surface area contributed by atoms with Crippen LogP contribution in [0.25, 0.3) is 0 Å². The fourth-order valence-corrected chi connectivity index (χ4v) is 1.92. The quantitative estimate of drug-likeness (QED) is 0.908. The van der Waals surface area contributed by atoms with Crippen molar-refractivity contribution in [3.63, 3.8) is 0 Å². The Labute approximate surface area is 112 Å². The van der Waals surface area contributed by atoms with Gasteiger partial charge in [-0.15, -0.1) is 0 Å². The Bertz CT molecular complexity index is 614. The van der Waals surface area contributed by atoms with Crippen LogP contribution < -0.4 is 5.32 Å². The molecule has 0 aliphatic heterocycles.